The maximum absolute atomic E-state index is 12.2. The molecule has 9 heteroatoms. The molecule has 356 valence electrons. The molecular weight excluding hydrogens is 745 g/mol. The van der Waals surface area contributed by atoms with Crippen LogP contribution in [0.2, 0.25) is 0 Å². The highest BCUT2D eigenvalue weighted by atomic mass is 32.2. The zero-order chi connectivity index (χ0) is 43.3. The zero-order valence-corrected chi connectivity index (χ0v) is 41.2. The van der Waals surface area contributed by atoms with Gasteiger partial charge >= 0.3 is 11.9 Å². The topological polar surface area (TPSA) is 142 Å². The lowest BCUT2D eigenvalue weighted by Crippen LogP contribution is -2.18. The van der Waals surface area contributed by atoms with E-state index in [4.69, 9.17) is 19.8 Å². The molecule has 0 aromatic rings. The Kier molecular flexibility index (Phi) is 71.7. The molecule has 0 aromatic heterocycles. The Hall–Kier alpha value is -0.870. The third kappa shape index (κ3) is 66.9. The molecule has 0 saturated carbocycles. The van der Waals surface area contributed by atoms with Crippen LogP contribution in [0.4, 0.5) is 0 Å². The maximum Gasteiger partial charge on any atom is 0.306 e. The number of nitrogens with one attached hydrogen (secondary N) is 1. The van der Waals surface area contributed by atoms with Crippen molar-refractivity contribution in [3.8, 4) is 0 Å². The molecule has 0 amide bonds. The number of carbonyl (C=O) groups is 2. The molecular formula is C49H108N2O6S. The Balaban J connectivity index is -0.000000192. The van der Waals surface area contributed by atoms with Gasteiger partial charge in [-0.1, -0.05) is 196 Å². The summed E-state index contributed by atoms with van der Waals surface area (Å²) in [7, 11) is 1.93. The molecule has 0 fully saturated rings. The van der Waals surface area contributed by atoms with E-state index in [0.29, 0.717) is 25.4 Å². The van der Waals surface area contributed by atoms with E-state index in [-0.39, 0.29) is 24.9 Å². The van der Waals surface area contributed by atoms with E-state index in [2.05, 4.69) is 46.9 Å². The lowest BCUT2D eigenvalue weighted by atomic mass is 10.0. The van der Waals surface area contributed by atoms with E-state index in [1.54, 1.807) is 0 Å². The molecule has 0 aliphatic rings. The van der Waals surface area contributed by atoms with Gasteiger partial charge in [0.1, 0.15) is 6.10 Å². The first-order valence-corrected chi connectivity index (χ1v) is 25.7. The van der Waals surface area contributed by atoms with E-state index in [0.717, 1.165) is 69.4 Å². The molecule has 6 N–H and O–H groups in total. The normalized spacial score (nSPS) is 10.9. The molecule has 1 atom stereocenters. The average Bonchev–Trinajstić information content (AvgIpc) is 3.22. The molecule has 0 aromatic carbocycles. The Morgan fingerprint density at radius 3 is 1.26 bits per heavy atom. The number of ether oxygens (including phenoxy) is 2. The molecule has 0 aliphatic carbocycles. The van der Waals surface area contributed by atoms with Gasteiger partial charge in [0.2, 0.25) is 0 Å². The van der Waals surface area contributed by atoms with Crippen molar-refractivity contribution >= 4 is 24.0 Å². The molecule has 0 spiro atoms. The van der Waals surface area contributed by atoms with Gasteiger partial charge in [0.25, 0.3) is 0 Å². The van der Waals surface area contributed by atoms with Crippen molar-refractivity contribution < 1.29 is 30.5 Å². The first-order valence-electron chi connectivity index (χ1n) is 24.7. The van der Waals surface area contributed by atoms with Crippen LogP contribution in [-0.4, -0.2) is 60.6 Å². The lowest BCUT2D eigenvalue weighted by Gasteiger charge is -2.18. The minimum absolute atomic E-state index is 0. The number of rotatable bonds is 39. The smallest absolute Gasteiger partial charge is 0.306 e. The van der Waals surface area contributed by atoms with Gasteiger partial charge in [-0.2, -0.15) is 0 Å². The number of hydrogen-bond donors (Lipinski definition) is 3. The van der Waals surface area contributed by atoms with Gasteiger partial charge in [0.05, 0.1) is 6.61 Å². The largest absolute Gasteiger partial charge is 0.465 e. The Morgan fingerprint density at radius 1 is 0.569 bits per heavy atom. The Labute approximate surface area is 369 Å². The molecule has 58 heavy (non-hydrogen) atoms. The molecule has 8 nitrogen and oxygen atoms in total. The predicted octanol–water partition coefficient (Wildman–Crippen LogP) is 14.8. The summed E-state index contributed by atoms with van der Waals surface area (Å²) >= 11 is 0.856. The van der Waals surface area contributed by atoms with Crippen molar-refractivity contribution in [2.75, 3.05) is 32.5 Å². The van der Waals surface area contributed by atoms with Gasteiger partial charge in [-0.05, 0) is 89.5 Å². The van der Waals surface area contributed by atoms with Crippen LogP contribution in [0.3, 0.4) is 0 Å². The van der Waals surface area contributed by atoms with E-state index in [1.165, 1.54) is 161 Å². The van der Waals surface area contributed by atoms with Gasteiger partial charge in [0.15, 0.2) is 0 Å². The molecule has 0 heterocycles. The van der Waals surface area contributed by atoms with Gasteiger partial charge < -0.3 is 30.6 Å². The van der Waals surface area contributed by atoms with Gasteiger partial charge in [-0.25, -0.2) is 0 Å². The van der Waals surface area contributed by atoms with Crippen LogP contribution in [0.1, 0.15) is 262 Å². The molecule has 0 saturated heterocycles. The third-order valence-corrected chi connectivity index (χ3v) is 10.4. The second kappa shape index (κ2) is 62.8. The Bertz CT molecular complexity index is 719. The lowest BCUT2D eigenvalue weighted by molar-refractivity contribution is -0.150. The summed E-state index contributed by atoms with van der Waals surface area (Å²) in [6.07, 6.45) is 40.0. The number of carbonyl (C=O) groups excluding carboxylic acids is 2. The summed E-state index contributed by atoms with van der Waals surface area (Å²) in [6.45, 7) is 17.7. The highest BCUT2D eigenvalue weighted by Gasteiger charge is 2.14. The van der Waals surface area contributed by atoms with E-state index >= 15 is 0 Å². The summed E-state index contributed by atoms with van der Waals surface area (Å²) in [4.78, 5) is 23.8. The SMILES string of the molecule is CCCCCCCC(=O)OCC(C)CCCCCCC.CCCCCCCCC(CCCCCCCC)OC(=O)CCCCCCC.CCSO.CNCCCN.O.[HH]. The minimum atomic E-state index is -0.000619. The fourth-order valence-electron chi connectivity index (χ4n) is 6.32. The van der Waals surface area contributed by atoms with Gasteiger partial charge in [-0.3, -0.25) is 9.59 Å². The molecule has 0 rings (SSSR count). The van der Waals surface area contributed by atoms with Crippen LogP contribution in [0.25, 0.3) is 0 Å². The average molecular weight is 853 g/mol. The van der Waals surface area contributed by atoms with Crippen LogP contribution in [0.15, 0.2) is 0 Å². The van der Waals surface area contributed by atoms with Gasteiger partial charge in [0, 0.05) is 20.0 Å². The van der Waals surface area contributed by atoms with Crippen LogP contribution < -0.4 is 11.1 Å². The first-order chi connectivity index (χ1) is 27.8. The van der Waals surface area contributed by atoms with Crippen molar-refractivity contribution in [1.29, 1.82) is 0 Å². The quantitative estimate of drug-likeness (QED) is 0.0315. The summed E-state index contributed by atoms with van der Waals surface area (Å²) in [5, 5.41) is 2.99. The van der Waals surface area contributed by atoms with E-state index in [9.17, 15) is 9.59 Å². The van der Waals surface area contributed by atoms with Crippen LogP contribution in [0.5, 0.6) is 0 Å². The van der Waals surface area contributed by atoms with Crippen molar-refractivity contribution in [1.82, 2.24) is 5.32 Å². The Morgan fingerprint density at radius 2 is 0.914 bits per heavy atom. The van der Waals surface area contributed by atoms with Crippen molar-refractivity contribution in [2.45, 2.75) is 266 Å². The van der Waals surface area contributed by atoms with E-state index in [1.807, 2.05) is 14.0 Å². The molecule has 0 bridgehead atoms. The van der Waals surface area contributed by atoms with Crippen molar-refractivity contribution in [3.05, 3.63) is 0 Å². The van der Waals surface area contributed by atoms with Crippen molar-refractivity contribution in [2.24, 2.45) is 11.7 Å². The second-order valence-corrected chi connectivity index (χ2v) is 17.0. The van der Waals surface area contributed by atoms with Crippen LogP contribution >= 0.6 is 12.0 Å². The van der Waals surface area contributed by atoms with Crippen LogP contribution in [0, 0.1) is 5.92 Å². The zero-order valence-electron chi connectivity index (χ0n) is 40.4. The third-order valence-electron chi connectivity index (χ3n) is 10.1. The number of nitrogens with two attached hydrogens (primary N) is 1. The van der Waals surface area contributed by atoms with Crippen LogP contribution in [-0.2, 0) is 19.1 Å². The minimum Gasteiger partial charge on any atom is -0.465 e. The fraction of sp³-hybridized carbons (Fsp3) is 0.959. The maximum atomic E-state index is 12.2. The van der Waals surface area contributed by atoms with E-state index < -0.39 is 0 Å². The van der Waals surface area contributed by atoms with Crippen molar-refractivity contribution in [3.63, 3.8) is 0 Å². The standard InChI is InChI=1S/C25H50O2.C18H36O2.C4H12N2.C2H6OS.H2O.H2/c1-4-7-10-13-16-18-21-24(22-19-17-14-11-8-5-2)27-25(26)23-20-15-12-9-6-3;1-4-6-8-10-12-14-17(3)16-20-18(19)15-13-11-9-7-5-2;1-6-4-2-3-5;1-2-4-3;;/h24H,4-23H2,1-3H3;17H,4-16H2,1-3H3;6H,2-5H2,1H3;3H,2H2,1H3;1H2;1H. The number of unbranched alkanes of at least 4 members (excludes halogenated alkanes) is 22. The highest BCUT2D eigenvalue weighted by molar-refractivity contribution is 7.93. The molecule has 0 aliphatic heterocycles. The highest BCUT2D eigenvalue weighted by Crippen LogP contribution is 2.18. The molecule has 1 unspecified atom stereocenters. The first kappa shape index (κ1) is 66.2. The van der Waals surface area contributed by atoms with Gasteiger partial charge in [-0.15, -0.1) is 0 Å². The number of esters is 2. The number of hydrogen-bond acceptors (Lipinski definition) is 8. The summed E-state index contributed by atoms with van der Waals surface area (Å²) < 4.78 is 19.0. The second-order valence-electron chi connectivity index (χ2n) is 16.2. The molecule has 0 radical (unpaired) electrons. The summed E-state index contributed by atoms with van der Waals surface area (Å²) in [5.41, 5.74) is 5.17. The monoisotopic (exact) mass is 853 g/mol. The summed E-state index contributed by atoms with van der Waals surface area (Å²) in [6, 6.07) is 0. The predicted molar refractivity (Wildman–Crippen MR) is 260 cm³/mol. The fourth-order valence-corrected chi connectivity index (χ4v) is 6.32. The summed E-state index contributed by atoms with van der Waals surface area (Å²) in [5.74, 6) is 1.36.